The third-order valence-corrected chi connectivity index (χ3v) is 8.02. The first-order chi connectivity index (χ1) is 10.1. The normalized spacial score (nSPS) is 24.2. The molecule has 21 heavy (non-hydrogen) atoms. The Morgan fingerprint density at radius 2 is 2.10 bits per heavy atom. The van der Waals surface area contributed by atoms with Gasteiger partial charge in [0, 0.05) is 41.5 Å². The van der Waals surface area contributed by atoms with Gasteiger partial charge in [-0.05, 0) is 19.9 Å². The monoisotopic (exact) mass is 347 g/mol. The summed E-state index contributed by atoms with van der Waals surface area (Å²) in [4.78, 5) is 0. The number of nitrogens with zero attached hydrogens (tertiary/aromatic N) is 2. The van der Waals surface area contributed by atoms with Gasteiger partial charge in [-0.25, -0.2) is 0 Å². The van der Waals surface area contributed by atoms with Crippen LogP contribution in [0.25, 0.3) is 0 Å². The van der Waals surface area contributed by atoms with Gasteiger partial charge in [0.1, 0.15) is 0 Å². The van der Waals surface area contributed by atoms with Crippen molar-refractivity contribution in [2.24, 2.45) is 7.05 Å². The summed E-state index contributed by atoms with van der Waals surface area (Å²) in [5.41, 5.74) is 2.18. The molecular weight excluding hydrogens is 322 g/mol. The standard InChI is InChI=1S/C15H26ClN3S2/c1-5-10-14(16)12(19(4)18-10)9-11(17-3)15-13(6-2)20-7-8-21-15/h11,13,15,17H,5-9H2,1-4H3. The van der Waals surface area contributed by atoms with Crippen LogP contribution >= 0.6 is 35.1 Å². The molecule has 0 spiro atoms. The topological polar surface area (TPSA) is 29.9 Å². The van der Waals surface area contributed by atoms with E-state index >= 15 is 0 Å². The Labute approximate surface area is 142 Å². The highest BCUT2D eigenvalue weighted by molar-refractivity contribution is 8.07. The van der Waals surface area contributed by atoms with E-state index in [9.17, 15) is 0 Å². The molecule has 120 valence electrons. The second kappa shape index (κ2) is 8.14. The maximum Gasteiger partial charge on any atom is 0.0850 e. The molecule has 3 atom stereocenters. The van der Waals surface area contributed by atoms with E-state index in [2.05, 4.69) is 54.8 Å². The van der Waals surface area contributed by atoms with Gasteiger partial charge in [0.25, 0.3) is 0 Å². The van der Waals surface area contributed by atoms with Crippen LogP contribution in [0.4, 0.5) is 0 Å². The fourth-order valence-corrected chi connectivity index (χ4v) is 6.62. The van der Waals surface area contributed by atoms with Crippen LogP contribution in [0, 0.1) is 0 Å². The highest BCUT2D eigenvalue weighted by atomic mass is 35.5. The molecule has 0 saturated carbocycles. The van der Waals surface area contributed by atoms with Gasteiger partial charge in [0.05, 0.1) is 16.4 Å². The van der Waals surface area contributed by atoms with Crippen molar-refractivity contribution in [2.75, 3.05) is 18.6 Å². The van der Waals surface area contributed by atoms with Gasteiger partial charge in [-0.1, -0.05) is 25.4 Å². The maximum atomic E-state index is 6.52. The molecule has 0 amide bonds. The van der Waals surface area contributed by atoms with E-state index in [1.165, 1.54) is 23.6 Å². The molecule has 1 saturated heterocycles. The molecule has 1 aromatic heterocycles. The number of halogens is 1. The first kappa shape index (κ1) is 17.5. The van der Waals surface area contributed by atoms with Gasteiger partial charge in [-0.2, -0.15) is 28.6 Å². The van der Waals surface area contributed by atoms with Gasteiger partial charge in [-0.3, -0.25) is 4.68 Å². The minimum Gasteiger partial charge on any atom is -0.315 e. The summed E-state index contributed by atoms with van der Waals surface area (Å²) in [5, 5.41) is 10.3. The van der Waals surface area contributed by atoms with Crippen LogP contribution in [-0.4, -0.2) is 44.9 Å². The molecule has 1 N–H and O–H groups in total. The minimum absolute atomic E-state index is 0.449. The third kappa shape index (κ3) is 3.92. The smallest absolute Gasteiger partial charge is 0.0850 e. The Kier molecular flexibility index (Phi) is 6.79. The van der Waals surface area contributed by atoms with Crippen LogP contribution < -0.4 is 5.32 Å². The summed E-state index contributed by atoms with van der Waals surface area (Å²) in [6, 6.07) is 0.449. The number of rotatable bonds is 6. The Bertz CT molecular complexity index is 464. The van der Waals surface area contributed by atoms with Gasteiger partial charge >= 0.3 is 0 Å². The van der Waals surface area contributed by atoms with Crippen molar-refractivity contribution < 1.29 is 0 Å². The van der Waals surface area contributed by atoms with Gasteiger partial charge in [-0.15, -0.1) is 0 Å². The first-order valence-electron chi connectivity index (χ1n) is 7.73. The highest BCUT2D eigenvalue weighted by Crippen LogP contribution is 2.36. The summed E-state index contributed by atoms with van der Waals surface area (Å²) in [5.74, 6) is 2.53. The number of aryl methyl sites for hydroxylation is 2. The molecule has 0 aromatic carbocycles. The SMILES string of the molecule is CCc1nn(C)c(CC(NC)C2SCCSC2CC)c1Cl. The van der Waals surface area contributed by atoms with E-state index in [0.717, 1.165) is 28.8 Å². The van der Waals surface area contributed by atoms with E-state index in [1.54, 1.807) is 0 Å². The van der Waals surface area contributed by atoms with Gasteiger partial charge in [0.2, 0.25) is 0 Å². The van der Waals surface area contributed by atoms with Crippen LogP contribution in [0.1, 0.15) is 31.7 Å². The highest BCUT2D eigenvalue weighted by Gasteiger charge is 2.32. The lowest BCUT2D eigenvalue weighted by Crippen LogP contribution is -2.45. The number of hydrogen-bond acceptors (Lipinski definition) is 4. The Hall–Kier alpha value is 0.160. The average molecular weight is 348 g/mol. The van der Waals surface area contributed by atoms with Crippen molar-refractivity contribution in [3.63, 3.8) is 0 Å². The molecule has 0 radical (unpaired) electrons. The van der Waals surface area contributed by atoms with E-state index in [1.807, 2.05) is 11.7 Å². The van der Waals surface area contributed by atoms with Crippen LogP contribution in [-0.2, 0) is 19.9 Å². The lowest BCUT2D eigenvalue weighted by atomic mass is 10.0. The number of likely N-dealkylation sites (N-methyl/N-ethyl adjacent to an activating group) is 1. The molecule has 3 nitrogen and oxygen atoms in total. The van der Waals surface area contributed by atoms with Crippen molar-refractivity contribution in [1.82, 2.24) is 15.1 Å². The zero-order valence-electron chi connectivity index (χ0n) is 13.4. The zero-order valence-corrected chi connectivity index (χ0v) is 15.7. The first-order valence-corrected chi connectivity index (χ1v) is 10.2. The predicted molar refractivity (Wildman–Crippen MR) is 96.9 cm³/mol. The quantitative estimate of drug-likeness (QED) is 0.854. The van der Waals surface area contributed by atoms with Crippen molar-refractivity contribution in [2.45, 2.75) is 49.7 Å². The van der Waals surface area contributed by atoms with E-state index in [4.69, 9.17) is 11.6 Å². The number of nitrogens with one attached hydrogen (secondary N) is 1. The molecule has 1 aliphatic heterocycles. The summed E-state index contributed by atoms with van der Waals surface area (Å²) in [6.45, 7) is 4.41. The van der Waals surface area contributed by atoms with Crippen molar-refractivity contribution in [3.05, 3.63) is 16.4 Å². The number of hydrogen-bond donors (Lipinski definition) is 1. The largest absolute Gasteiger partial charge is 0.315 e. The number of thioether (sulfide) groups is 2. The maximum absolute atomic E-state index is 6.52. The second-order valence-electron chi connectivity index (χ2n) is 5.44. The summed E-state index contributed by atoms with van der Waals surface area (Å²) in [7, 11) is 4.08. The van der Waals surface area contributed by atoms with Crippen LogP contribution in [0.2, 0.25) is 5.02 Å². The summed E-state index contributed by atoms with van der Waals surface area (Å²) in [6.07, 6.45) is 3.08. The summed E-state index contributed by atoms with van der Waals surface area (Å²) >= 11 is 10.8. The molecule has 1 fully saturated rings. The van der Waals surface area contributed by atoms with Gasteiger partial charge < -0.3 is 5.32 Å². The Morgan fingerprint density at radius 1 is 1.38 bits per heavy atom. The van der Waals surface area contributed by atoms with E-state index < -0.39 is 0 Å². The Morgan fingerprint density at radius 3 is 2.67 bits per heavy atom. The van der Waals surface area contributed by atoms with Crippen LogP contribution in [0.3, 0.4) is 0 Å². The minimum atomic E-state index is 0.449. The lowest BCUT2D eigenvalue weighted by molar-refractivity contribution is 0.501. The van der Waals surface area contributed by atoms with Crippen molar-refractivity contribution in [3.8, 4) is 0 Å². The molecule has 2 rings (SSSR count). The van der Waals surface area contributed by atoms with Crippen LogP contribution in [0.15, 0.2) is 0 Å². The molecule has 1 aliphatic rings. The molecular formula is C15H26ClN3S2. The summed E-state index contributed by atoms with van der Waals surface area (Å²) < 4.78 is 1.97. The fourth-order valence-electron chi connectivity index (χ4n) is 2.94. The third-order valence-electron chi connectivity index (χ3n) is 4.18. The van der Waals surface area contributed by atoms with Gasteiger partial charge in [0.15, 0.2) is 0 Å². The molecule has 0 bridgehead atoms. The Balaban J connectivity index is 2.16. The van der Waals surface area contributed by atoms with Crippen molar-refractivity contribution >= 4 is 35.1 Å². The molecule has 0 aliphatic carbocycles. The molecule has 6 heteroatoms. The zero-order chi connectivity index (χ0) is 15.4. The molecule has 3 unspecified atom stereocenters. The van der Waals surface area contributed by atoms with E-state index in [0.29, 0.717) is 11.3 Å². The lowest BCUT2D eigenvalue weighted by Gasteiger charge is -2.36. The molecule has 1 aromatic rings. The van der Waals surface area contributed by atoms with Crippen molar-refractivity contribution in [1.29, 1.82) is 0 Å². The predicted octanol–water partition coefficient (Wildman–Crippen LogP) is 3.39. The van der Waals surface area contributed by atoms with E-state index in [-0.39, 0.29) is 0 Å². The van der Waals surface area contributed by atoms with Crippen LogP contribution in [0.5, 0.6) is 0 Å². The molecule has 2 heterocycles. The second-order valence-corrected chi connectivity index (χ2v) is 8.45. The number of aromatic nitrogens is 2. The fraction of sp³-hybridized carbons (Fsp3) is 0.800. The average Bonchev–Trinajstić information content (AvgIpc) is 2.79.